The molecule has 7 heteroatoms. The number of hydrogen-bond acceptors (Lipinski definition) is 5. The molecule has 6 nitrogen and oxygen atoms in total. The molecule has 2 aliphatic rings. The van der Waals surface area contributed by atoms with Gasteiger partial charge in [0.25, 0.3) is 5.91 Å². The van der Waals surface area contributed by atoms with Crippen molar-refractivity contribution in [2.24, 2.45) is 0 Å². The number of allylic oxidation sites excluding steroid dienone is 1. The number of ether oxygens (including phenoxy) is 2. The van der Waals surface area contributed by atoms with E-state index in [1.54, 1.807) is 6.07 Å². The summed E-state index contributed by atoms with van der Waals surface area (Å²) in [6.45, 7) is 4.53. The molecule has 0 spiro atoms. The second-order valence-corrected chi connectivity index (χ2v) is 7.93. The van der Waals surface area contributed by atoms with Crippen LogP contribution in [0, 0.1) is 5.82 Å². The lowest BCUT2D eigenvalue weighted by Crippen LogP contribution is -2.23. The van der Waals surface area contributed by atoms with Crippen molar-refractivity contribution < 1.29 is 23.5 Å². The van der Waals surface area contributed by atoms with E-state index in [4.69, 9.17) is 4.74 Å². The topological polar surface area (TPSA) is 76.7 Å². The second kappa shape index (κ2) is 8.00. The van der Waals surface area contributed by atoms with Crippen LogP contribution in [0.15, 0.2) is 54.3 Å². The number of halogens is 1. The summed E-state index contributed by atoms with van der Waals surface area (Å²) < 4.78 is 24.5. The number of fused-ring (bicyclic) bond motifs is 1. The van der Waals surface area contributed by atoms with Crippen molar-refractivity contribution in [2.75, 3.05) is 19.0 Å². The molecule has 2 aliphatic heterocycles. The minimum absolute atomic E-state index is 0.144. The third-order valence-electron chi connectivity index (χ3n) is 5.35. The van der Waals surface area contributed by atoms with Gasteiger partial charge in [0, 0.05) is 23.4 Å². The van der Waals surface area contributed by atoms with Crippen molar-refractivity contribution >= 4 is 28.7 Å². The molecule has 31 heavy (non-hydrogen) atoms. The van der Waals surface area contributed by atoms with E-state index in [-0.39, 0.29) is 18.4 Å². The first-order chi connectivity index (χ1) is 14.8. The van der Waals surface area contributed by atoms with E-state index in [0.29, 0.717) is 29.1 Å². The summed E-state index contributed by atoms with van der Waals surface area (Å²) in [7, 11) is 1.35. The van der Waals surface area contributed by atoms with Crippen molar-refractivity contribution in [2.45, 2.75) is 26.0 Å². The van der Waals surface area contributed by atoms with Gasteiger partial charge in [-0.25, -0.2) is 4.39 Å². The van der Waals surface area contributed by atoms with Crippen LogP contribution in [0.2, 0.25) is 0 Å². The lowest BCUT2D eigenvalue weighted by molar-refractivity contribution is -0.139. The number of esters is 1. The van der Waals surface area contributed by atoms with E-state index in [1.807, 2.05) is 44.2 Å². The van der Waals surface area contributed by atoms with Crippen molar-refractivity contribution in [3.05, 3.63) is 76.8 Å². The summed E-state index contributed by atoms with van der Waals surface area (Å²) in [6, 6.07) is 12.1. The number of carbonyl (C=O) groups is 2. The van der Waals surface area contributed by atoms with E-state index >= 15 is 0 Å². The normalized spacial score (nSPS) is 18.8. The monoisotopic (exact) mass is 422 g/mol. The van der Waals surface area contributed by atoms with Crippen LogP contribution in [0.3, 0.4) is 0 Å². The maximum Gasteiger partial charge on any atom is 0.319 e. The number of anilines is 1. The van der Waals surface area contributed by atoms with Gasteiger partial charge in [-0.15, -0.1) is 0 Å². The van der Waals surface area contributed by atoms with Gasteiger partial charge in [0.15, 0.2) is 0 Å². The van der Waals surface area contributed by atoms with Crippen molar-refractivity contribution in [1.82, 2.24) is 5.32 Å². The Labute approximate surface area is 179 Å². The first-order valence-electron chi connectivity index (χ1n) is 9.92. The highest BCUT2D eigenvalue weighted by Gasteiger charge is 2.38. The predicted octanol–water partition coefficient (Wildman–Crippen LogP) is 3.64. The molecule has 2 N–H and O–H groups in total. The molecular weight excluding hydrogens is 399 g/mol. The molecule has 0 radical (unpaired) electrons. The molecule has 0 fully saturated rings. The molecule has 160 valence electrons. The zero-order valence-corrected chi connectivity index (χ0v) is 17.5. The number of rotatable bonds is 5. The Morgan fingerprint density at radius 1 is 1.19 bits per heavy atom. The Balaban J connectivity index is 1.62. The number of carbonyl (C=O) groups excluding carboxylic acids is 2. The first kappa shape index (κ1) is 20.8. The third kappa shape index (κ3) is 4.09. The first-order valence-corrected chi connectivity index (χ1v) is 9.92. The van der Waals surface area contributed by atoms with E-state index in [9.17, 15) is 14.0 Å². The average Bonchev–Trinajstić information content (AvgIpc) is 3.22. The van der Waals surface area contributed by atoms with Gasteiger partial charge in [-0.2, -0.15) is 0 Å². The molecule has 4 rings (SSSR count). The number of amides is 1. The molecule has 0 aliphatic carbocycles. The van der Waals surface area contributed by atoms with E-state index in [0.717, 1.165) is 16.7 Å². The standard InChI is InChI=1S/C24H23FN2O4/c1-24(2)18(15-6-4-14(5-7-15)12-26-13-21(28)30-3)11-20(31-24)22-17-10-16(25)8-9-19(17)27-23(22)29/h4-11,26H,12-13H2,1-3H3,(H,27,29)/b22-20+. The summed E-state index contributed by atoms with van der Waals surface area (Å²) >= 11 is 0. The van der Waals surface area contributed by atoms with Gasteiger partial charge >= 0.3 is 5.97 Å². The summed E-state index contributed by atoms with van der Waals surface area (Å²) in [5.41, 5.74) is 3.63. The highest BCUT2D eigenvalue weighted by Crippen LogP contribution is 2.44. The van der Waals surface area contributed by atoms with Gasteiger partial charge in [0.2, 0.25) is 0 Å². The van der Waals surface area contributed by atoms with Gasteiger partial charge < -0.3 is 20.1 Å². The maximum absolute atomic E-state index is 13.8. The highest BCUT2D eigenvalue weighted by molar-refractivity contribution is 6.32. The van der Waals surface area contributed by atoms with Crippen LogP contribution in [0.1, 0.15) is 30.5 Å². The van der Waals surface area contributed by atoms with E-state index in [2.05, 4.69) is 15.4 Å². The van der Waals surface area contributed by atoms with Crippen molar-refractivity contribution in [3.8, 4) is 0 Å². The SMILES string of the molecule is COC(=O)CNCc1ccc(C2=C/C(=C3\C(=O)Nc4ccc(F)cc43)OC2(C)C)cc1. The molecule has 0 bridgehead atoms. The fraction of sp³-hybridized carbons (Fsp3) is 0.250. The molecule has 0 aromatic heterocycles. The van der Waals surface area contributed by atoms with Gasteiger partial charge in [-0.1, -0.05) is 24.3 Å². The van der Waals surface area contributed by atoms with Crippen LogP contribution in [-0.4, -0.2) is 31.1 Å². The molecular formula is C24H23FN2O4. The van der Waals surface area contributed by atoms with Crippen LogP contribution >= 0.6 is 0 Å². The molecule has 0 saturated carbocycles. The third-order valence-corrected chi connectivity index (χ3v) is 5.35. The summed E-state index contributed by atoms with van der Waals surface area (Å²) in [5.74, 6) is -0.614. The predicted molar refractivity (Wildman–Crippen MR) is 115 cm³/mol. The van der Waals surface area contributed by atoms with Crippen LogP contribution < -0.4 is 10.6 Å². The summed E-state index contributed by atoms with van der Waals surface area (Å²) in [6.07, 6.45) is 1.85. The molecule has 2 heterocycles. The maximum atomic E-state index is 13.8. The Hall–Kier alpha value is -3.45. The fourth-order valence-electron chi connectivity index (χ4n) is 3.79. The fourth-order valence-corrected chi connectivity index (χ4v) is 3.79. The zero-order chi connectivity index (χ0) is 22.2. The summed E-state index contributed by atoms with van der Waals surface area (Å²) in [4.78, 5) is 23.8. The van der Waals surface area contributed by atoms with E-state index in [1.165, 1.54) is 19.2 Å². The summed E-state index contributed by atoms with van der Waals surface area (Å²) in [5, 5.41) is 5.78. The minimum atomic E-state index is -0.663. The number of methoxy groups -OCH3 is 1. The number of hydrogen-bond donors (Lipinski definition) is 2. The van der Waals surface area contributed by atoms with Crippen molar-refractivity contribution in [1.29, 1.82) is 0 Å². The lowest BCUT2D eigenvalue weighted by Gasteiger charge is -2.23. The Kier molecular flexibility index (Phi) is 5.37. The quantitative estimate of drug-likeness (QED) is 0.568. The smallest absolute Gasteiger partial charge is 0.319 e. The minimum Gasteiger partial charge on any atom is -0.482 e. The largest absolute Gasteiger partial charge is 0.482 e. The molecule has 0 unspecified atom stereocenters. The molecule has 2 aromatic carbocycles. The van der Waals surface area contributed by atoms with Gasteiger partial charge in [-0.05, 0) is 49.2 Å². The lowest BCUT2D eigenvalue weighted by atomic mass is 9.91. The number of nitrogens with one attached hydrogen (secondary N) is 2. The molecule has 1 amide bonds. The van der Waals surface area contributed by atoms with E-state index < -0.39 is 11.4 Å². The molecule has 0 atom stereocenters. The van der Waals surface area contributed by atoms with Gasteiger partial charge in [0.1, 0.15) is 17.2 Å². The Morgan fingerprint density at radius 3 is 2.65 bits per heavy atom. The highest BCUT2D eigenvalue weighted by atomic mass is 19.1. The number of benzene rings is 2. The Bertz CT molecular complexity index is 1120. The molecule has 0 saturated heterocycles. The van der Waals surface area contributed by atoms with Crippen LogP contribution in [0.5, 0.6) is 0 Å². The van der Waals surface area contributed by atoms with Gasteiger partial charge in [0.05, 0.1) is 19.2 Å². The van der Waals surface area contributed by atoms with Crippen LogP contribution in [-0.2, 0) is 25.6 Å². The average molecular weight is 422 g/mol. The molecule has 2 aromatic rings. The van der Waals surface area contributed by atoms with Crippen molar-refractivity contribution in [3.63, 3.8) is 0 Å². The Morgan fingerprint density at radius 2 is 1.94 bits per heavy atom. The van der Waals surface area contributed by atoms with Crippen LogP contribution in [0.25, 0.3) is 11.1 Å². The van der Waals surface area contributed by atoms with Gasteiger partial charge in [-0.3, -0.25) is 9.59 Å². The second-order valence-electron chi connectivity index (χ2n) is 7.93. The zero-order valence-electron chi connectivity index (χ0n) is 17.5. The van der Waals surface area contributed by atoms with Crippen LogP contribution in [0.4, 0.5) is 10.1 Å².